The Morgan fingerprint density at radius 3 is 2.46 bits per heavy atom. The average Bonchev–Trinajstić information content (AvgIpc) is 2.99. The van der Waals surface area contributed by atoms with Gasteiger partial charge in [0, 0.05) is 0 Å². The van der Waals surface area contributed by atoms with Gasteiger partial charge in [0.25, 0.3) is 10.0 Å². The molecular weight excluding hydrogens is 377 g/mol. The summed E-state index contributed by atoms with van der Waals surface area (Å²) < 4.78 is 45.7. The van der Waals surface area contributed by atoms with Gasteiger partial charge in [-0.3, -0.25) is 4.72 Å². The summed E-state index contributed by atoms with van der Waals surface area (Å²) in [5.41, 5.74) is 0.139. The first-order valence-electron chi connectivity index (χ1n) is 6.47. The van der Waals surface area contributed by atoms with E-state index in [0.717, 1.165) is 11.3 Å². The minimum absolute atomic E-state index is 0.0286. The Morgan fingerprint density at radius 2 is 1.83 bits per heavy atom. The van der Waals surface area contributed by atoms with E-state index in [1.54, 1.807) is 6.07 Å². The lowest BCUT2D eigenvalue weighted by Crippen LogP contribution is -2.12. The van der Waals surface area contributed by atoms with Gasteiger partial charge in [0.1, 0.15) is 4.21 Å². The van der Waals surface area contributed by atoms with E-state index in [0.29, 0.717) is 4.34 Å². The van der Waals surface area contributed by atoms with Crippen LogP contribution in [0.25, 0.3) is 0 Å². The summed E-state index contributed by atoms with van der Waals surface area (Å²) in [5, 5.41) is 0. The van der Waals surface area contributed by atoms with Crippen molar-refractivity contribution < 1.29 is 17.5 Å². The van der Waals surface area contributed by atoms with Crippen molar-refractivity contribution in [3.63, 3.8) is 0 Å². The van der Waals surface area contributed by atoms with Crippen LogP contribution in [0.3, 0.4) is 0 Å². The lowest BCUT2D eigenvalue weighted by atomic mass is 10.3. The van der Waals surface area contributed by atoms with Gasteiger partial charge in [-0.05, 0) is 24.3 Å². The molecule has 124 valence electrons. The highest BCUT2D eigenvalue weighted by Crippen LogP contribution is 2.27. The third kappa shape index (κ3) is 3.81. The van der Waals surface area contributed by atoms with Crippen molar-refractivity contribution >= 4 is 38.6 Å². The van der Waals surface area contributed by atoms with Crippen molar-refractivity contribution in [1.29, 1.82) is 0 Å². The van der Waals surface area contributed by atoms with Gasteiger partial charge in [0.15, 0.2) is 11.6 Å². The zero-order valence-corrected chi connectivity index (χ0v) is 14.2. The highest BCUT2D eigenvalue weighted by atomic mass is 35.5. The number of hydrogen-bond donors (Lipinski definition) is 1. The summed E-state index contributed by atoms with van der Waals surface area (Å²) in [4.78, 5) is 7.70. The van der Waals surface area contributed by atoms with E-state index in [2.05, 4.69) is 14.7 Å². The predicted octanol–water partition coefficient (Wildman–Crippen LogP) is 3.92. The highest BCUT2D eigenvalue weighted by Gasteiger charge is 2.17. The first-order valence-corrected chi connectivity index (χ1v) is 9.14. The van der Waals surface area contributed by atoms with Gasteiger partial charge >= 0.3 is 6.01 Å². The van der Waals surface area contributed by atoms with Gasteiger partial charge in [-0.2, -0.15) is 0 Å². The number of thiophene rings is 1. The first kappa shape index (κ1) is 16.6. The smallest absolute Gasteiger partial charge is 0.322 e. The van der Waals surface area contributed by atoms with E-state index in [9.17, 15) is 12.8 Å². The number of nitrogens with zero attached hydrogens (tertiary/aromatic N) is 2. The SMILES string of the molecule is O=S(=O)(Nc1cnc(Oc2ccccc2F)nc1)c1ccc(Cl)s1. The van der Waals surface area contributed by atoms with Crippen molar-refractivity contribution in [2.75, 3.05) is 4.72 Å². The number of aromatic nitrogens is 2. The van der Waals surface area contributed by atoms with E-state index in [4.69, 9.17) is 16.3 Å². The standard InChI is InChI=1S/C14H9ClFN3O3S2/c15-12-5-6-13(23-12)24(20,21)19-9-7-17-14(18-8-9)22-11-4-2-1-3-10(11)16/h1-8,19H. The second kappa shape index (κ2) is 6.71. The topological polar surface area (TPSA) is 81.2 Å². The van der Waals surface area contributed by atoms with E-state index < -0.39 is 15.8 Å². The van der Waals surface area contributed by atoms with Crippen molar-refractivity contribution in [3.05, 3.63) is 58.9 Å². The molecule has 0 aliphatic heterocycles. The van der Waals surface area contributed by atoms with Crippen molar-refractivity contribution in [1.82, 2.24) is 9.97 Å². The molecule has 2 heterocycles. The van der Waals surface area contributed by atoms with Crippen LogP contribution in [-0.4, -0.2) is 18.4 Å². The number of anilines is 1. The highest BCUT2D eigenvalue weighted by molar-refractivity contribution is 7.94. The molecule has 10 heteroatoms. The van der Waals surface area contributed by atoms with Crippen LogP contribution in [0, 0.1) is 5.82 Å². The second-order valence-electron chi connectivity index (χ2n) is 4.45. The summed E-state index contributed by atoms with van der Waals surface area (Å²) in [7, 11) is -3.77. The fraction of sp³-hybridized carbons (Fsp3) is 0. The number of nitrogens with one attached hydrogen (secondary N) is 1. The molecule has 0 fully saturated rings. The zero-order chi connectivity index (χ0) is 17.2. The molecule has 0 unspecified atom stereocenters. The van der Waals surface area contributed by atoms with Crippen LogP contribution in [0.4, 0.5) is 10.1 Å². The molecule has 0 spiro atoms. The lowest BCUT2D eigenvalue weighted by molar-refractivity contribution is 0.411. The Hall–Kier alpha value is -2.23. The molecule has 1 N–H and O–H groups in total. The Balaban J connectivity index is 1.74. The van der Waals surface area contributed by atoms with Gasteiger partial charge < -0.3 is 4.74 Å². The number of benzene rings is 1. The van der Waals surface area contributed by atoms with Gasteiger partial charge in [0.2, 0.25) is 0 Å². The van der Waals surface area contributed by atoms with Crippen LogP contribution in [0.5, 0.6) is 11.8 Å². The Bertz CT molecular complexity index is 961. The van der Waals surface area contributed by atoms with Crippen molar-refractivity contribution in [3.8, 4) is 11.8 Å². The monoisotopic (exact) mass is 385 g/mol. The van der Waals surface area contributed by atoms with Crippen LogP contribution >= 0.6 is 22.9 Å². The summed E-state index contributed by atoms with van der Waals surface area (Å²) in [6.07, 6.45) is 2.44. The maximum atomic E-state index is 13.5. The van der Waals surface area contributed by atoms with E-state index in [1.165, 1.54) is 42.7 Å². The minimum atomic E-state index is -3.77. The molecular formula is C14H9ClFN3O3S2. The molecule has 0 aliphatic rings. The quantitative estimate of drug-likeness (QED) is 0.719. The number of rotatable bonds is 5. The van der Waals surface area contributed by atoms with E-state index in [-0.39, 0.29) is 21.7 Å². The number of para-hydroxylation sites is 1. The number of ether oxygens (including phenoxy) is 1. The molecule has 24 heavy (non-hydrogen) atoms. The van der Waals surface area contributed by atoms with Crippen LogP contribution < -0.4 is 9.46 Å². The summed E-state index contributed by atoms with van der Waals surface area (Å²) in [6, 6.07) is 8.57. The van der Waals surface area contributed by atoms with Gasteiger partial charge in [-0.1, -0.05) is 23.7 Å². The third-order valence-corrected chi connectivity index (χ3v) is 5.84. The molecule has 0 amide bonds. The fourth-order valence-corrected chi connectivity index (χ4v) is 4.21. The largest absolute Gasteiger partial charge is 0.421 e. The van der Waals surface area contributed by atoms with Crippen LogP contribution in [0.1, 0.15) is 0 Å². The number of halogens is 2. The van der Waals surface area contributed by atoms with Crippen LogP contribution in [0.2, 0.25) is 4.34 Å². The Kier molecular flexibility index (Phi) is 4.65. The van der Waals surface area contributed by atoms with E-state index >= 15 is 0 Å². The fourth-order valence-electron chi connectivity index (χ4n) is 1.70. The van der Waals surface area contributed by atoms with Crippen molar-refractivity contribution in [2.45, 2.75) is 4.21 Å². The van der Waals surface area contributed by atoms with Crippen LogP contribution in [-0.2, 0) is 10.0 Å². The molecule has 0 aliphatic carbocycles. The molecule has 0 bridgehead atoms. The molecule has 3 rings (SSSR count). The molecule has 6 nitrogen and oxygen atoms in total. The maximum absolute atomic E-state index is 13.5. The lowest BCUT2D eigenvalue weighted by Gasteiger charge is -2.07. The molecule has 3 aromatic rings. The maximum Gasteiger partial charge on any atom is 0.322 e. The molecule has 0 atom stereocenters. The first-order chi connectivity index (χ1) is 11.4. The molecule has 1 aromatic carbocycles. The molecule has 0 radical (unpaired) electrons. The van der Waals surface area contributed by atoms with Crippen LogP contribution in [0.15, 0.2) is 53.0 Å². The Morgan fingerprint density at radius 1 is 1.12 bits per heavy atom. The number of sulfonamides is 1. The molecule has 2 aromatic heterocycles. The molecule has 0 saturated carbocycles. The average molecular weight is 386 g/mol. The Labute approximate surface area is 146 Å². The van der Waals surface area contributed by atoms with Gasteiger partial charge in [0.05, 0.1) is 22.4 Å². The van der Waals surface area contributed by atoms with Crippen molar-refractivity contribution in [2.24, 2.45) is 0 Å². The predicted molar refractivity (Wildman–Crippen MR) is 88.6 cm³/mol. The van der Waals surface area contributed by atoms with Gasteiger partial charge in [-0.15, -0.1) is 11.3 Å². The number of hydrogen-bond acceptors (Lipinski definition) is 6. The normalized spacial score (nSPS) is 11.2. The zero-order valence-electron chi connectivity index (χ0n) is 11.8. The summed E-state index contributed by atoms with van der Waals surface area (Å²) in [5.74, 6) is -0.584. The second-order valence-corrected chi connectivity index (χ2v) is 8.08. The van der Waals surface area contributed by atoms with E-state index in [1.807, 2.05) is 0 Å². The molecule has 0 saturated heterocycles. The summed E-state index contributed by atoms with van der Waals surface area (Å²) >= 11 is 6.66. The minimum Gasteiger partial charge on any atom is -0.421 e. The summed E-state index contributed by atoms with van der Waals surface area (Å²) in [6.45, 7) is 0. The van der Waals surface area contributed by atoms with Gasteiger partial charge in [-0.25, -0.2) is 22.8 Å². The third-order valence-electron chi connectivity index (χ3n) is 2.73.